The fourth-order valence-electron chi connectivity index (χ4n) is 12.9. The molecular weight excluding hydrogens is 1050 g/mol. The number of fused-ring (bicyclic) bond motifs is 9. The Bertz CT molecular complexity index is 4550. The minimum Gasteiger partial charge on any atom is -0.468 e. The zero-order valence-corrected chi connectivity index (χ0v) is 51.7. The van der Waals surface area contributed by atoms with Crippen molar-refractivity contribution >= 4 is 119 Å². The molecule has 0 saturated heterocycles. The standard InChI is InChI=1S/C78H72BN3O2S/c1-75(2,3)50-29-36-54(37-30-50)80(64-26-18-16-23-59(64)49-21-14-13-15-22-49)56-40-43-63-66(46-56)82(65-27-20-25-61-60-24-17-19-28-69(60)83-73(61)65)68-48-58(85-57-41-33-52(34-42-57)77(7,8)9)47-67-71(68)79(63)74-72(62-45-53(78(10,11)12)35-44-70(62)84-74)81(67)55-38-31-51(32-39-55)76(4,5)6/h13-48H,1-12H3. The summed E-state index contributed by atoms with van der Waals surface area (Å²) in [6.45, 7) is 27.2. The van der Waals surface area contributed by atoms with Gasteiger partial charge in [-0.3, -0.25) is 0 Å². The number of anilines is 9. The van der Waals surface area contributed by atoms with Gasteiger partial charge in [0.25, 0.3) is 6.71 Å². The van der Waals surface area contributed by atoms with Gasteiger partial charge in [-0.1, -0.05) is 222 Å². The number of rotatable bonds is 8. The van der Waals surface area contributed by atoms with Crippen LogP contribution in [0.2, 0.25) is 0 Å². The summed E-state index contributed by atoms with van der Waals surface area (Å²) in [5, 5.41) is 3.25. The van der Waals surface area contributed by atoms with Crippen LogP contribution in [0.15, 0.2) is 237 Å². The molecule has 0 atom stereocenters. The summed E-state index contributed by atoms with van der Waals surface area (Å²) in [7, 11) is 0. The van der Waals surface area contributed by atoms with E-state index in [0.29, 0.717) is 0 Å². The van der Waals surface area contributed by atoms with Crippen LogP contribution in [0.4, 0.5) is 51.2 Å². The van der Waals surface area contributed by atoms with E-state index in [4.69, 9.17) is 8.83 Å². The predicted octanol–water partition coefficient (Wildman–Crippen LogP) is 20.9. The van der Waals surface area contributed by atoms with Gasteiger partial charge in [-0.25, -0.2) is 0 Å². The number of hydrogen-bond acceptors (Lipinski definition) is 6. The van der Waals surface area contributed by atoms with Crippen molar-refractivity contribution in [3.63, 3.8) is 0 Å². The molecule has 14 rings (SSSR count). The molecule has 2 aromatic heterocycles. The Morgan fingerprint density at radius 2 is 0.965 bits per heavy atom. The van der Waals surface area contributed by atoms with Crippen LogP contribution in [0.3, 0.4) is 0 Å². The number of hydrogen-bond donors (Lipinski definition) is 0. The number of nitrogens with zero attached hydrogens (tertiary/aromatic N) is 3. The fourth-order valence-corrected chi connectivity index (χ4v) is 13.8. The first-order chi connectivity index (χ1) is 40.7. The molecule has 0 saturated carbocycles. The Morgan fingerprint density at radius 3 is 1.65 bits per heavy atom. The monoisotopic (exact) mass is 1130 g/mol. The van der Waals surface area contributed by atoms with Gasteiger partial charge in [0.1, 0.15) is 11.2 Å². The highest BCUT2D eigenvalue weighted by Gasteiger charge is 2.48. The maximum atomic E-state index is 7.53. The van der Waals surface area contributed by atoms with Crippen molar-refractivity contribution in [3.05, 3.63) is 241 Å². The van der Waals surface area contributed by atoms with Crippen LogP contribution in [0.1, 0.15) is 105 Å². The van der Waals surface area contributed by atoms with E-state index in [-0.39, 0.29) is 28.4 Å². The van der Waals surface area contributed by atoms with E-state index in [9.17, 15) is 0 Å². The van der Waals surface area contributed by atoms with Crippen molar-refractivity contribution < 1.29 is 8.83 Å². The third-order valence-electron chi connectivity index (χ3n) is 17.5. The second-order valence-electron chi connectivity index (χ2n) is 27.4. The summed E-state index contributed by atoms with van der Waals surface area (Å²) in [5.74, 6) is 0. The van der Waals surface area contributed by atoms with Crippen LogP contribution >= 0.6 is 11.8 Å². The Kier molecular flexibility index (Phi) is 12.8. The lowest BCUT2D eigenvalue weighted by Gasteiger charge is -2.43. The summed E-state index contributed by atoms with van der Waals surface area (Å²) in [6.07, 6.45) is 0. The first kappa shape index (κ1) is 54.3. The Morgan fingerprint density at radius 1 is 0.400 bits per heavy atom. The van der Waals surface area contributed by atoms with E-state index in [1.165, 1.54) is 32.6 Å². The molecule has 0 unspecified atom stereocenters. The number of benzene rings is 10. The Hall–Kier alpha value is -8.65. The Balaban J connectivity index is 1.10. The van der Waals surface area contributed by atoms with Crippen molar-refractivity contribution in [1.29, 1.82) is 0 Å². The zero-order valence-electron chi connectivity index (χ0n) is 50.9. The summed E-state index contributed by atoms with van der Waals surface area (Å²) in [4.78, 5) is 9.78. The van der Waals surface area contributed by atoms with Crippen LogP contribution in [0.5, 0.6) is 0 Å². The van der Waals surface area contributed by atoms with Gasteiger partial charge in [-0.2, -0.15) is 0 Å². The molecule has 0 fully saturated rings. The lowest BCUT2D eigenvalue weighted by molar-refractivity contribution is 0.589. The van der Waals surface area contributed by atoms with Crippen molar-refractivity contribution in [2.75, 3.05) is 14.7 Å². The second-order valence-corrected chi connectivity index (χ2v) is 28.6. The first-order valence-corrected chi connectivity index (χ1v) is 30.8. The quantitative estimate of drug-likeness (QED) is 0.141. The second kappa shape index (κ2) is 20.0. The highest BCUT2D eigenvalue weighted by Crippen LogP contribution is 2.52. The van der Waals surface area contributed by atoms with E-state index >= 15 is 0 Å². The van der Waals surface area contributed by atoms with E-state index in [0.717, 1.165) is 111 Å². The maximum absolute atomic E-state index is 7.53. The lowest BCUT2D eigenvalue weighted by Crippen LogP contribution is -2.61. The molecule has 0 amide bonds. The van der Waals surface area contributed by atoms with Crippen molar-refractivity contribution in [2.45, 2.75) is 115 Å². The van der Waals surface area contributed by atoms with E-state index in [1.54, 1.807) is 0 Å². The largest absolute Gasteiger partial charge is 0.468 e. The van der Waals surface area contributed by atoms with E-state index in [1.807, 2.05) is 11.8 Å². The summed E-state index contributed by atoms with van der Waals surface area (Å²) in [5.41, 5.74) is 22.6. The average Bonchev–Trinajstić information content (AvgIpc) is 1.92. The van der Waals surface area contributed by atoms with Crippen LogP contribution < -0.4 is 31.3 Å². The Labute approximate surface area is 506 Å². The van der Waals surface area contributed by atoms with Gasteiger partial charge in [0.05, 0.1) is 22.7 Å². The molecular formula is C78H72BN3O2S. The van der Waals surface area contributed by atoms with Crippen LogP contribution in [0, 0.1) is 0 Å². The fraction of sp³-hybridized carbons (Fsp3) is 0.205. The molecule has 0 aliphatic carbocycles. The molecule has 0 radical (unpaired) electrons. The third-order valence-corrected chi connectivity index (χ3v) is 18.5. The highest BCUT2D eigenvalue weighted by molar-refractivity contribution is 7.99. The number of furan rings is 2. The lowest BCUT2D eigenvalue weighted by atomic mass is 9.35. The molecule has 4 heterocycles. The molecule has 0 bridgehead atoms. The normalized spacial score (nSPS) is 13.4. The van der Waals surface area contributed by atoms with Gasteiger partial charge in [0.2, 0.25) is 0 Å². The predicted molar refractivity (Wildman–Crippen MR) is 363 cm³/mol. The summed E-state index contributed by atoms with van der Waals surface area (Å²) >= 11 is 1.81. The molecule has 2 aliphatic rings. The molecule has 0 spiro atoms. The molecule has 0 N–H and O–H groups in total. The minimum absolute atomic E-state index is 0.0225. The molecule has 7 heteroatoms. The molecule has 2 aliphatic heterocycles. The SMILES string of the molecule is CC(C)(C)c1ccc(Sc2cc3c4c(c2)N(c2cccc5c2oc2ccccc25)c2cc(N(c5ccc(C(C)(C)C)cc5)c5ccccc5-c5ccccc5)ccc2B4c2oc4ccc(C(C)(C)C)cc4c2N3c2ccc(C(C)(C)C)cc2)cc1. The first-order valence-electron chi connectivity index (χ1n) is 30.0. The zero-order chi connectivity index (χ0) is 58.9. The summed E-state index contributed by atoms with van der Waals surface area (Å²) < 4.78 is 14.7. The van der Waals surface area contributed by atoms with Gasteiger partial charge < -0.3 is 23.5 Å². The number of para-hydroxylation sites is 3. The summed E-state index contributed by atoms with van der Waals surface area (Å²) in [6, 6.07) is 81.2. The van der Waals surface area contributed by atoms with Crippen molar-refractivity contribution in [3.8, 4) is 11.1 Å². The van der Waals surface area contributed by atoms with E-state index < -0.39 is 0 Å². The van der Waals surface area contributed by atoms with Crippen LogP contribution in [-0.2, 0) is 21.7 Å². The highest BCUT2D eigenvalue weighted by atomic mass is 32.2. The van der Waals surface area contributed by atoms with Gasteiger partial charge in [-0.15, -0.1) is 0 Å². The van der Waals surface area contributed by atoms with E-state index in [2.05, 4.69) is 316 Å². The van der Waals surface area contributed by atoms with Gasteiger partial charge in [0.15, 0.2) is 5.58 Å². The van der Waals surface area contributed by atoms with Gasteiger partial charge in [-0.05, 0) is 151 Å². The molecule has 420 valence electrons. The third kappa shape index (κ3) is 9.43. The molecule has 85 heavy (non-hydrogen) atoms. The van der Waals surface area contributed by atoms with Crippen LogP contribution in [-0.4, -0.2) is 6.71 Å². The van der Waals surface area contributed by atoms with Gasteiger partial charge in [0, 0.05) is 65.6 Å². The van der Waals surface area contributed by atoms with Crippen molar-refractivity contribution in [1.82, 2.24) is 0 Å². The topological polar surface area (TPSA) is 36.0 Å². The molecule has 12 aromatic rings. The minimum atomic E-state index is -0.299. The molecule has 10 aromatic carbocycles. The smallest absolute Gasteiger partial charge is 0.297 e. The van der Waals surface area contributed by atoms with Crippen LogP contribution in [0.25, 0.3) is 44.0 Å². The average molecular weight is 1130 g/mol. The van der Waals surface area contributed by atoms with Crippen molar-refractivity contribution in [2.24, 2.45) is 0 Å². The maximum Gasteiger partial charge on any atom is 0.297 e. The van der Waals surface area contributed by atoms with Gasteiger partial charge >= 0.3 is 0 Å². The molecule has 5 nitrogen and oxygen atoms in total.